The third-order valence-corrected chi connectivity index (χ3v) is 5.80. The number of hydrogen-bond donors (Lipinski definition) is 1. The highest BCUT2D eigenvalue weighted by Gasteiger charge is 2.33. The Morgan fingerprint density at radius 3 is 2.62 bits per heavy atom. The molecule has 1 aromatic rings. The average molecular weight is 314 g/mol. The number of sulfonamides is 1. The van der Waals surface area contributed by atoms with Crippen molar-refractivity contribution in [1.29, 1.82) is 0 Å². The van der Waals surface area contributed by atoms with Gasteiger partial charge < -0.3 is 5.32 Å². The fourth-order valence-corrected chi connectivity index (χ4v) is 4.68. The Bertz CT molecular complexity index is 583. The van der Waals surface area contributed by atoms with Crippen molar-refractivity contribution < 1.29 is 12.8 Å². The Morgan fingerprint density at radius 2 is 2.00 bits per heavy atom. The third-order valence-electron chi connectivity index (χ3n) is 3.83. The maximum absolute atomic E-state index is 14.0. The van der Waals surface area contributed by atoms with Crippen molar-refractivity contribution in [3.05, 3.63) is 29.6 Å². The molecule has 1 aromatic carbocycles. The number of rotatable bonds is 5. The number of nitrogens with one attached hydrogen (secondary N) is 1. The monoisotopic (exact) mass is 314 g/mol. The summed E-state index contributed by atoms with van der Waals surface area (Å²) in [5, 5.41) is 3.23. The number of halogens is 1. The average Bonchev–Trinajstić information content (AvgIpc) is 2.48. The van der Waals surface area contributed by atoms with E-state index in [-0.39, 0.29) is 10.9 Å². The standard InChI is InChI=1S/C15H23FN2O2S/c1-3-10-18(13-6-8-17-9-7-13)21(19,20)15-11-12(2)4-5-14(15)16/h4-5,11,13,17H,3,6-10H2,1-2H3. The lowest BCUT2D eigenvalue weighted by Crippen LogP contribution is -2.46. The highest BCUT2D eigenvalue weighted by molar-refractivity contribution is 7.89. The van der Waals surface area contributed by atoms with Gasteiger partial charge >= 0.3 is 0 Å². The smallest absolute Gasteiger partial charge is 0.246 e. The van der Waals surface area contributed by atoms with Gasteiger partial charge in [-0.3, -0.25) is 0 Å². The zero-order valence-electron chi connectivity index (χ0n) is 12.6. The van der Waals surface area contributed by atoms with Gasteiger partial charge in [-0.25, -0.2) is 12.8 Å². The quantitative estimate of drug-likeness (QED) is 0.907. The molecule has 4 nitrogen and oxygen atoms in total. The molecule has 0 atom stereocenters. The van der Waals surface area contributed by atoms with Crippen LogP contribution in [0.5, 0.6) is 0 Å². The van der Waals surface area contributed by atoms with E-state index in [4.69, 9.17) is 0 Å². The van der Waals surface area contributed by atoms with E-state index in [1.54, 1.807) is 13.0 Å². The van der Waals surface area contributed by atoms with Gasteiger partial charge in [0.05, 0.1) is 0 Å². The minimum atomic E-state index is -3.79. The van der Waals surface area contributed by atoms with Crippen LogP contribution in [0.3, 0.4) is 0 Å². The summed E-state index contributed by atoms with van der Waals surface area (Å²) in [6.45, 7) is 5.75. The van der Waals surface area contributed by atoms with Gasteiger partial charge in [0.1, 0.15) is 10.7 Å². The van der Waals surface area contributed by atoms with Crippen molar-refractivity contribution in [2.45, 2.75) is 44.0 Å². The van der Waals surface area contributed by atoms with E-state index in [0.29, 0.717) is 6.54 Å². The van der Waals surface area contributed by atoms with E-state index >= 15 is 0 Å². The molecule has 0 aromatic heterocycles. The number of benzene rings is 1. The summed E-state index contributed by atoms with van der Waals surface area (Å²) in [6.07, 6.45) is 2.26. The molecule has 1 fully saturated rings. The molecule has 2 rings (SSSR count). The van der Waals surface area contributed by atoms with Crippen molar-refractivity contribution in [3.63, 3.8) is 0 Å². The molecule has 118 valence electrons. The summed E-state index contributed by atoms with van der Waals surface area (Å²) in [5.41, 5.74) is 0.747. The molecule has 1 heterocycles. The second-order valence-corrected chi connectivity index (χ2v) is 7.39. The number of piperidine rings is 1. The van der Waals surface area contributed by atoms with Crippen LogP contribution in [0.4, 0.5) is 4.39 Å². The molecule has 0 radical (unpaired) electrons. The number of aryl methyl sites for hydroxylation is 1. The van der Waals surface area contributed by atoms with E-state index in [0.717, 1.165) is 37.9 Å². The van der Waals surface area contributed by atoms with Gasteiger partial charge in [0.2, 0.25) is 10.0 Å². The van der Waals surface area contributed by atoms with E-state index < -0.39 is 15.8 Å². The van der Waals surface area contributed by atoms with Crippen molar-refractivity contribution >= 4 is 10.0 Å². The maximum atomic E-state index is 14.0. The minimum Gasteiger partial charge on any atom is -0.317 e. The molecule has 21 heavy (non-hydrogen) atoms. The van der Waals surface area contributed by atoms with E-state index in [9.17, 15) is 12.8 Å². The van der Waals surface area contributed by atoms with Gasteiger partial charge in [-0.15, -0.1) is 0 Å². The summed E-state index contributed by atoms with van der Waals surface area (Å²) in [4.78, 5) is -0.200. The first-order chi connectivity index (χ1) is 9.96. The lowest BCUT2D eigenvalue weighted by atomic mass is 10.1. The molecule has 1 aliphatic heterocycles. The van der Waals surface area contributed by atoms with E-state index in [1.165, 1.54) is 16.4 Å². The lowest BCUT2D eigenvalue weighted by molar-refractivity contribution is 0.261. The van der Waals surface area contributed by atoms with Crippen LogP contribution in [0.25, 0.3) is 0 Å². The van der Waals surface area contributed by atoms with Crippen molar-refractivity contribution in [3.8, 4) is 0 Å². The first-order valence-corrected chi connectivity index (χ1v) is 8.89. The van der Waals surface area contributed by atoms with Crippen LogP contribution in [0.2, 0.25) is 0 Å². The van der Waals surface area contributed by atoms with Crippen LogP contribution in [0.15, 0.2) is 23.1 Å². The first-order valence-electron chi connectivity index (χ1n) is 7.45. The van der Waals surface area contributed by atoms with E-state index in [1.807, 2.05) is 6.92 Å². The fraction of sp³-hybridized carbons (Fsp3) is 0.600. The summed E-state index contributed by atoms with van der Waals surface area (Å²) in [5.74, 6) is -0.671. The van der Waals surface area contributed by atoms with Crippen molar-refractivity contribution in [2.24, 2.45) is 0 Å². The molecule has 0 aliphatic carbocycles. The number of nitrogens with zero attached hydrogens (tertiary/aromatic N) is 1. The predicted molar refractivity (Wildman–Crippen MR) is 81.2 cm³/mol. The van der Waals surface area contributed by atoms with Gasteiger partial charge in [0, 0.05) is 12.6 Å². The maximum Gasteiger partial charge on any atom is 0.246 e. The Morgan fingerprint density at radius 1 is 1.33 bits per heavy atom. The van der Waals surface area contributed by atoms with Gasteiger partial charge in [-0.2, -0.15) is 4.31 Å². The Hall–Kier alpha value is -0.980. The van der Waals surface area contributed by atoms with Gasteiger partial charge in [-0.05, 0) is 57.0 Å². The lowest BCUT2D eigenvalue weighted by Gasteiger charge is -2.33. The zero-order valence-corrected chi connectivity index (χ0v) is 13.4. The molecule has 6 heteroatoms. The molecule has 0 saturated carbocycles. The van der Waals surface area contributed by atoms with Crippen molar-refractivity contribution in [1.82, 2.24) is 9.62 Å². The molecule has 1 N–H and O–H groups in total. The summed E-state index contributed by atoms with van der Waals surface area (Å²) in [6, 6.07) is 4.20. The topological polar surface area (TPSA) is 49.4 Å². The summed E-state index contributed by atoms with van der Waals surface area (Å²) in [7, 11) is -3.79. The summed E-state index contributed by atoms with van der Waals surface area (Å²) < 4.78 is 41.2. The molecule has 1 aliphatic rings. The molecular weight excluding hydrogens is 291 g/mol. The van der Waals surface area contributed by atoms with Crippen LogP contribution in [-0.4, -0.2) is 38.4 Å². The van der Waals surface area contributed by atoms with Crippen LogP contribution in [0, 0.1) is 12.7 Å². The molecule has 1 saturated heterocycles. The third kappa shape index (κ3) is 3.62. The largest absolute Gasteiger partial charge is 0.317 e. The minimum absolute atomic E-state index is 0.0453. The molecular formula is C15H23FN2O2S. The fourth-order valence-electron chi connectivity index (χ4n) is 2.75. The highest BCUT2D eigenvalue weighted by Crippen LogP contribution is 2.25. The van der Waals surface area contributed by atoms with Crippen LogP contribution in [0.1, 0.15) is 31.7 Å². The zero-order chi connectivity index (χ0) is 15.5. The van der Waals surface area contributed by atoms with Crippen LogP contribution < -0.4 is 5.32 Å². The Kier molecular flexibility index (Phi) is 5.35. The second kappa shape index (κ2) is 6.85. The van der Waals surface area contributed by atoms with Gasteiger partial charge in [0.25, 0.3) is 0 Å². The normalized spacial score (nSPS) is 17.3. The van der Waals surface area contributed by atoms with Crippen molar-refractivity contribution in [2.75, 3.05) is 19.6 Å². The van der Waals surface area contributed by atoms with Crippen LogP contribution in [-0.2, 0) is 10.0 Å². The Labute approximate surface area is 126 Å². The van der Waals surface area contributed by atoms with Gasteiger partial charge in [0.15, 0.2) is 0 Å². The highest BCUT2D eigenvalue weighted by atomic mass is 32.2. The van der Waals surface area contributed by atoms with Gasteiger partial charge in [-0.1, -0.05) is 13.0 Å². The Balaban J connectivity index is 2.39. The molecule has 0 amide bonds. The molecule has 0 bridgehead atoms. The SMILES string of the molecule is CCCN(C1CCNCC1)S(=O)(=O)c1cc(C)ccc1F. The van der Waals surface area contributed by atoms with Crippen LogP contribution >= 0.6 is 0 Å². The first kappa shape index (κ1) is 16.4. The number of hydrogen-bond acceptors (Lipinski definition) is 3. The summed E-state index contributed by atoms with van der Waals surface area (Å²) >= 11 is 0. The second-order valence-electron chi connectivity index (χ2n) is 5.53. The predicted octanol–water partition coefficient (Wildman–Crippen LogP) is 2.29. The molecule has 0 spiro atoms. The molecule has 0 unspecified atom stereocenters. The van der Waals surface area contributed by atoms with E-state index in [2.05, 4.69) is 5.32 Å².